The molecule has 0 amide bonds. The molecule has 0 unspecified atom stereocenters. The number of ketones is 1. The number of hydrogen-bond donors (Lipinski definition) is 2. The van der Waals surface area contributed by atoms with Gasteiger partial charge in [-0.3, -0.25) is 4.79 Å². The summed E-state index contributed by atoms with van der Waals surface area (Å²) < 4.78 is 6.14. The number of aliphatic hydroxyl groups excluding tert-OH is 1. The van der Waals surface area contributed by atoms with Crippen molar-refractivity contribution in [3.05, 3.63) is 66.2 Å². The maximum absolute atomic E-state index is 14.4. The lowest BCUT2D eigenvalue weighted by molar-refractivity contribution is -0.146. The van der Waals surface area contributed by atoms with E-state index in [1.54, 1.807) is 19.2 Å². The average molecular weight is 489 g/mol. The molecule has 36 heavy (non-hydrogen) atoms. The van der Waals surface area contributed by atoms with E-state index < -0.39 is 5.41 Å². The monoisotopic (exact) mass is 488 g/mol. The topological polar surface area (TPSA) is 66.8 Å². The first-order valence-electron chi connectivity index (χ1n) is 13.6. The minimum absolute atomic E-state index is 0.0390. The number of carbonyl (C=O) groups excluding carboxylic acids is 1. The first kappa shape index (κ1) is 25.2. The molecule has 192 valence electrons. The molecule has 0 heterocycles. The molecule has 3 aliphatic carbocycles. The average Bonchev–Trinajstić information content (AvgIpc) is 3.35. The van der Waals surface area contributed by atoms with Crippen LogP contribution in [0, 0.1) is 28.6 Å². The summed E-state index contributed by atoms with van der Waals surface area (Å²) in [6, 6.07) is 15.5. The number of phenolic OH excluding ortho intramolecular Hbond substituents is 1. The lowest BCUT2D eigenvalue weighted by atomic mass is 9.50. The Kier molecular flexibility index (Phi) is 6.86. The Balaban J connectivity index is 1.44. The fourth-order valence-corrected chi connectivity index (χ4v) is 8.29. The molecule has 0 saturated heterocycles. The van der Waals surface area contributed by atoms with E-state index in [2.05, 4.69) is 25.6 Å². The molecule has 0 aromatic heterocycles. The molecule has 2 aromatic rings. The number of rotatable bonds is 8. The molecule has 0 spiro atoms. The summed E-state index contributed by atoms with van der Waals surface area (Å²) >= 11 is 0. The van der Waals surface area contributed by atoms with E-state index in [0.29, 0.717) is 25.2 Å². The molecule has 4 heteroatoms. The number of aryl methyl sites for hydroxylation is 1. The summed E-state index contributed by atoms with van der Waals surface area (Å²) in [7, 11) is 1.73. The maximum Gasteiger partial charge on any atom is 0.142 e. The number of phenols is 1. The number of aromatic hydroxyl groups is 1. The number of benzene rings is 2. The molecule has 3 fully saturated rings. The van der Waals surface area contributed by atoms with Crippen molar-refractivity contribution in [1.29, 1.82) is 0 Å². The summed E-state index contributed by atoms with van der Waals surface area (Å²) in [5, 5.41) is 20.1. The summed E-state index contributed by atoms with van der Waals surface area (Å²) in [5.74, 6) is 1.04. The van der Waals surface area contributed by atoms with E-state index >= 15 is 0 Å². The Morgan fingerprint density at radius 2 is 1.78 bits per heavy atom. The fraction of sp³-hybridized carbons (Fsp3) is 0.531. The Hall–Kier alpha value is -2.43. The first-order chi connectivity index (χ1) is 17.4. The largest absolute Gasteiger partial charge is 0.508 e. The summed E-state index contributed by atoms with van der Waals surface area (Å²) in [5.41, 5.74) is 3.34. The number of ether oxygens (including phenoxy) is 1. The van der Waals surface area contributed by atoms with Crippen molar-refractivity contribution >= 4 is 5.78 Å². The molecule has 4 nitrogen and oxygen atoms in total. The van der Waals surface area contributed by atoms with Crippen LogP contribution in [0.2, 0.25) is 0 Å². The number of fused-ring (bicyclic) bond motifs is 2. The number of methoxy groups -OCH3 is 1. The number of Topliss-reactive ketones (excluding diaryl/α,β-unsaturated/α-hetero) is 1. The molecule has 3 saturated carbocycles. The van der Waals surface area contributed by atoms with E-state index in [4.69, 9.17) is 4.74 Å². The van der Waals surface area contributed by atoms with Crippen molar-refractivity contribution in [3.63, 3.8) is 0 Å². The maximum atomic E-state index is 14.4. The molecular formula is C32H40O4. The lowest BCUT2D eigenvalue weighted by Crippen LogP contribution is -2.53. The third kappa shape index (κ3) is 3.76. The predicted molar refractivity (Wildman–Crippen MR) is 143 cm³/mol. The molecule has 0 radical (unpaired) electrons. The van der Waals surface area contributed by atoms with E-state index in [-0.39, 0.29) is 41.5 Å². The lowest BCUT2D eigenvalue weighted by Gasteiger charge is -2.52. The Bertz CT molecular complexity index is 1130. The third-order valence-electron chi connectivity index (χ3n) is 10.1. The second-order valence-electron chi connectivity index (χ2n) is 11.5. The highest BCUT2D eigenvalue weighted by Gasteiger charge is 2.74. The van der Waals surface area contributed by atoms with Gasteiger partial charge in [-0.25, -0.2) is 0 Å². The van der Waals surface area contributed by atoms with Gasteiger partial charge >= 0.3 is 0 Å². The highest BCUT2D eigenvalue weighted by molar-refractivity contribution is 5.89. The van der Waals surface area contributed by atoms with Crippen molar-refractivity contribution in [1.82, 2.24) is 0 Å². The Morgan fingerprint density at radius 1 is 1.08 bits per heavy atom. The molecule has 2 bridgehead atoms. The summed E-state index contributed by atoms with van der Waals surface area (Å²) in [4.78, 5) is 14.4. The van der Waals surface area contributed by atoms with E-state index in [1.807, 2.05) is 24.3 Å². The second-order valence-corrected chi connectivity index (χ2v) is 11.5. The van der Waals surface area contributed by atoms with Crippen LogP contribution >= 0.6 is 0 Å². The van der Waals surface area contributed by atoms with E-state index in [9.17, 15) is 15.0 Å². The number of carbonyl (C=O) groups is 1. The normalized spacial score (nSPS) is 32.2. The second kappa shape index (κ2) is 9.79. The van der Waals surface area contributed by atoms with Crippen LogP contribution in [0.5, 0.6) is 5.75 Å². The quantitative estimate of drug-likeness (QED) is 0.425. The van der Waals surface area contributed by atoms with Gasteiger partial charge in [0.1, 0.15) is 11.5 Å². The highest BCUT2D eigenvalue weighted by Crippen LogP contribution is 2.73. The van der Waals surface area contributed by atoms with Gasteiger partial charge in [0.25, 0.3) is 0 Å². The fourth-order valence-electron chi connectivity index (χ4n) is 8.29. The summed E-state index contributed by atoms with van der Waals surface area (Å²) in [6.07, 6.45) is 7.58. The molecule has 5 atom stereocenters. The van der Waals surface area contributed by atoms with Gasteiger partial charge < -0.3 is 14.9 Å². The van der Waals surface area contributed by atoms with Gasteiger partial charge in [0.05, 0.1) is 11.5 Å². The smallest absolute Gasteiger partial charge is 0.142 e. The zero-order valence-electron chi connectivity index (χ0n) is 21.7. The standard InChI is InChI=1S/C32H40O4/c1-21-29-25(20-33)19-32(30(29)36-3,31(21,2)26-12-5-4-6-13-26)28(35)16-15-22-9-7-10-23(17-22)24-11-8-14-27(34)18-24/h7-11,14,17-18,25-26,29-30,33-34H,1,4-6,12-13,15-16,19-20H2,2-3H3/t25-,29+,30-,31+,32+/m1/s1. The van der Waals surface area contributed by atoms with Gasteiger partial charge in [-0.2, -0.15) is 0 Å². The first-order valence-corrected chi connectivity index (χ1v) is 13.6. The number of hydrogen-bond acceptors (Lipinski definition) is 4. The highest BCUT2D eigenvalue weighted by atomic mass is 16.5. The molecule has 5 rings (SSSR count). The molecule has 2 N–H and O–H groups in total. The van der Waals surface area contributed by atoms with Gasteiger partial charge in [-0.15, -0.1) is 0 Å². The van der Waals surface area contributed by atoms with Gasteiger partial charge in [0.2, 0.25) is 0 Å². The van der Waals surface area contributed by atoms with Gasteiger partial charge in [0.15, 0.2) is 0 Å². The van der Waals surface area contributed by atoms with Crippen LogP contribution in [0.15, 0.2) is 60.7 Å². The minimum Gasteiger partial charge on any atom is -0.508 e. The molecule has 3 aliphatic rings. The molecule has 2 aromatic carbocycles. The molecular weight excluding hydrogens is 448 g/mol. The van der Waals surface area contributed by atoms with Crippen LogP contribution in [-0.2, 0) is 16.0 Å². The molecule has 0 aliphatic heterocycles. The third-order valence-corrected chi connectivity index (χ3v) is 10.1. The van der Waals surface area contributed by atoms with Crippen LogP contribution in [0.4, 0.5) is 0 Å². The minimum atomic E-state index is -0.623. The van der Waals surface area contributed by atoms with Crippen molar-refractivity contribution in [2.45, 2.75) is 64.4 Å². The van der Waals surface area contributed by atoms with Crippen molar-refractivity contribution in [3.8, 4) is 16.9 Å². The van der Waals surface area contributed by atoms with Crippen LogP contribution < -0.4 is 0 Å². The van der Waals surface area contributed by atoms with Crippen LogP contribution in [0.1, 0.15) is 57.4 Å². The van der Waals surface area contributed by atoms with E-state index in [0.717, 1.165) is 35.1 Å². The van der Waals surface area contributed by atoms with Crippen molar-refractivity contribution in [2.75, 3.05) is 13.7 Å². The van der Waals surface area contributed by atoms with Crippen LogP contribution in [-0.4, -0.2) is 35.8 Å². The van der Waals surface area contributed by atoms with Crippen molar-refractivity contribution in [2.24, 2.45) is 28.6 Å². The van der Waals surface area contributed by atoms with E-state index in [1.165, 1.54) is 19.3 Å². The summed E-state index contributed by atoms with van der Waals surface area (Å²) in [6.45, 7) is 6.97. The Morgan fingerprint density at radius 3 is 2.44 bits per heavy atom. The van der Waals surface area contributed by atoms with Gasteiger partial charge in [-0.1, -0.05) is 74.7 Å². The number of aliphatic hydroxyl groups is 1. The zero-order chi connectivity index (χ0) is 25.5. The van der Waals surface area contributed by atoms with Crippen LogP contribution in [0.25, 0.3) is 11.1 Å². The van der Waals surface area contributed by atoms with Crippen LogP contribution in [0.3, 0.4) is 0 Å². The van der Waals surface area contributed by atoms with Gasteiger partial charge in [0, 0.05) is 31.5 Å². The Labute approximate surface area is 215 Å². The van der Waals surface area contributed by atoms with Crippen molar-refractivity contribution < 1.29 is 19.7 Å². The SMILES string of the molecule is C=C1[C@H]2[C@@H](CO)C[C@](C(=O)CCc3cccc(-c4cccc(O)c4)c3)([C@@H]2OC)[C@]1(C)C1CCCCC1. The van der Waals surface area contributed by atoms with Gasteiger partial charge in [-0.05, 0) is 66.3 Å². The predicted octanol–water partition coefficient (Wildman–Crippen LogP) is 6.35. The zero-order valence-corrected chi connectivity index (χ0v) is 21.7.